The van der Waals surface area contributed by atoms with Crippen LogP contribution in [0, 0.1) is 5.41 Å². The molecule has 0 amide bonds. The van der Waals surface area contributed by atoms with Crippen LogP contribution in [-0.2, 0) is 13.5 Å². The maximum atomic E-state index is 7.52. The second-order valence-corrected chi connectivity index (χ2v) is 4.49. The van der Waals surface area contributed by atoms with Crippen molar-refractivity contribution in [1.82, 2.24) is 9.55 Å². The Balaban J connectivity index is 2.06. The Labute approximate surface area is 116 Å². The van der Waals surface area contributed by atoms with Crippen molar-refractivity contribution in [2.24, 2.45) is 12.8 Å². The zero-order valence-electron chi connectivity index (χ0n) is 10.6. The van der Waals surface area contributed by atoms with Crippen LogP contribution >= 0.6 is 11.6 Å². The number of benzene rings is 1. The van der Waals surface area contributed by atoms with Crippen LogP contribution in [0.15, 0.2) is 30.6 Å². The minimum Gasteiger partial charge on any atom is -0.492 e. The highest BCUT2D eigenvalue weighted by molar-refractivity contribution is 6.34. The first-order valence-corrected chi connectivity index (χ1v) is 6.19. The quantitative estimate of drug-likeness (QED) is 0.648. The van der Waals surface area contributed by atoms with Crippen LogP contribution in [0.2, 0.25) is 5.02 Å². The molecule has 0 saturated heterocycles. The molecule has 0 spiro atoms. The summed E-state index contributed by atoms with van der Waals surface area (Å²) in [6.07, 6.45) is 4.30. The van der Waals surface area contributed by atoms with Crippen molar-refractivity contribution < 1.29 is 4.74 Å². The van der Waals surface area contributed by atoms with E-state index >= 15 is 0 Å². The Morgan fingerprint density at radius 1 is 1.53 bits per heavy atom. The molecule has 0 aliphatic carbocycles. The lowest BCUT2D eigenvalue weighted by molar-refractivity contribution is 0.317. The number of hydrogen-bond donors (Lipinski definition) is 2. The molecule has 3 N–H and O–H groups in total. The SMILES string of the molecule is Cn1ccnc1CCOc1cccc(Cl)c1C(=N)N. The zero-order valence-corrected chi connectivity index (χ0v) is 11.3. The van der Waals surface area contributed by atoms with Crippen LogP contribution in [0.4, 0.5) is 0 Å². The van der Waals surface area contributed by atoms with Crippen molar-refractivity contribution in [2.75, 3.05) is 6.61 Å². The molecule has 1 aromatic carbocycles. The topological polar surface area (TPSA) is 76.9 Å². The third-order valence-electron chi connectivity index (χ3n) is 2.75. The van der Waals surface area contributed by atoms with E-state index in [1.54, 1.807) is 24.4 Å². The normalized spacial score (nSPS) is 10.4. The van der Waals surface area contributed by atoms with Crippen LogP contribution in [0.5, 0.6) is 5.75 Å². The first kappa shape index (κ1) is 13.4. The number of aryl methyl sites for hydroxylation is 1. The fourth-order valence-corrected chi connectivity index (χ4v) is 2.04. The van der Waals surface area contributed by atoms with Gasteiger partial charge in [0.05, 0.1) is 17.2 Å². The number of nitrogens with one attached hydrogen (secondary N) is 1. The molecule has 5 nitrogen and oxygen atoms in total. The van der Waals surface area contributed by atoms with E-state index in [0.29, 0.717) is 29.4 Å². The van der Waals surface area contributed by atoms with Gasteiger partial charge in [-0.3, -0.25) is 5.41 Å². The predicted octanol–water partition coefficient (Wildman–Crippen LogP) is 1.98. The van der Waals surface area contributed by atoms with Crippen molar-refractivity contribution >= 4 is 17.4 Å². The first-order chi connectivity index (χ1) is 9.09. The van der Waals surface area contributed by atoms with E-state index in [9.17, 15) is 0 Å². The molecular weight excluding hydrogens is 264 g/mol. The average molecular weight is 279 g/mol. The molecule has 19 heavy (non-hydrogen) atoms. The van der Waals surface area contributed by atoms with E-state index in [0.717, 1.165) is 5.82 Å². The summed E-state index contributed by atoms with van der Waals surface area (Å²) in [5.41, 5.74) is 5.94. The number of hydrogen-bond acceptors (Lipinski definition) is 3. The molecule has 0 saturated carbocycles. The summed E-state index contributed by atoms with van der Waals surface area (Å²) in [4.78, 5) is 4.21. The van der Waals surface area contributed by atoms with Crippen molar-refractivity contribution in [2.45, 2.75) is 6.42 Å². The van der Waals surface area contributed by atoms with Gasteiger partial charge in [0, 0.05) is 25.9 Å². The number of aromatic nitrogens is 2. The fourth-order valence-electron chi connectivity index (χ4n) is 1.78. The molecule has 0 atom stereocenters. The highest BCUT2D eigenvalue weighted by Crippen LogP contribution is 2.25. The van der Waals surface area contributed by atoms with Gasteiger partial charge in [-0.25, -0.2) is 4.98 Å². The Kier molecular flexibility index (Phi) is 4.06. The third-order valence-corrected chi connectivity index (χ3v) is 3.06. The second kappa shape index (κ2) is 5.75. The van der Waals surface area contributed by atoms with Gasteiger partial charge in [0.15, 0.2) is 0 Å². The number of nitrogen functional groups attached to an aromatic ring is 1. The molecule has 1 heterocycles. The molecule has 0 bridgehead atoms. The molecule has 2 rings (SSSR count). The molecule has 0 fully saturated rings. The van der Waals surface area contributed by atoms with Gasteiger partial charge in [-0.15, -0.1) is 0 Å². The summed E-state index contributed by atoms with van der Waals surface area (Å²) < 4.78 is 7.59. The van der Waals surface area contributed by atoms with E-state index in [1.165, 1.54) is 0 Å². The van der Waals surface area contributed by atoms with E-state index in [-0.39, 0.29) is 5.84 Å². The van der Waals surface area contributed by atoms with Crippen LogP contribution in [0.3, 0.4) is 0 Å². The van der Waals surface area contributed by atoms with Crippen molar-refractivity contribution in [3.05, 3.63) is 47.0 Å². The molecule has 0 aliphatic rings. The molecule has 0 aliphatic heterocycles. The van der Waals surface area contributed by atoms with Crippen LogP contribution in [0.25, 0.3) is 0 Å². The van der Waals surface area contributed by atoms with Gasteiger partial charge >= 0.3 is 0 Å². The summed E-state index contributed by atoms with van der Waals surface area (Å²) in [7, 11) is 1.93. The van der Waals surface area contributed by atoms with Gasteiger partial charge in [-0.1, -0.05) is 17.7 Å². The van der Waals surface area contributed by atoms with Gasteiger partial charge in [0.1, 0.15) is 17.4 Å². The summed E-state index contributed by atoms with van der Waals surface area (Å²) in [5, 5.41) is 7.94. The van der Waals surface area contributed by atoms with Gasteiger partial charge in [-0.2, -0.15) is 0 Å². The summed E-state index contributed by atoms with van der Waals surface area (Å²) in [6.45, 7) is 0.450. The number of halogens is 1. The highest BCUT2D eigenvalue weighted by Gasteiger charge is 2.11. The number of nitrogens with two attached hydrogens (primary N) is 1. The van der Waals surface area contributed by atoms with Crippen molar-refractivity contribution in [1.29, 1.82) is 5.41 Å². The molecule has 0 radical (unpaired) electrons. The molecule has 1 aromatic heterocycles. The monoisotopic (exact) mass is 278 g/mol. The number of nitrogens with zero attached hydrogens (tertiary/aromatic N) is 2. The fraction of sp³-hybridized carbons (Fsp3) is 0.231. The van der Waals surface area contributed by atoms with Crippen LogP contribution < -0.4 is 10.5 Å². The lowest BCUT2D eigenvalue weighted by atomic mass is 10.2. The summed E-state index contributed by atoms with van der Waals surface area (Å²) in [6, 6.07) is 5.20. The molecule has 100 valence electrons. The lowest BCUT2D eigenvalue weighted by Gasteiger charge is -2.11. The minimum atomic E-state index is -0.0995. The highest BCUT2D eigenvalue weighted by atomic mass is 35.5. The van der Waals surface area contributed by atoms with E-state index in [2.05, 4.69) is 4.98 Å². The van der Waals surface area contributed by atoms with Crippen molar-refractivity contribution in [3.8, 4) is 5.75 Å². The maximum Gasteiger partial charge on any atom is 0.131 e. The smallest absolute Gasteiger partial charge is 0.131 e. The zero-order chi connectivity index (χ0) is 13.8. The average Bonchev–Trinajstić information content (AvgIpc) is 2.75. The third kappa shape index (κ3) is 3.06. The van der Waals surface area contributed by atoms with Gasteiger partial charge in [-0.05, 0) is 12.1 Å². The van der Waals surface area contributed by atoms with E-state index in [4.69, 9.17) is 27.5 Å². The number of ether oxygens (including phenoxy) is 1. The van der Waals surface area contributed by atoms with Gasteiger partial charge in [0.2, 0.25) is 0 Å². The number of rotatable bonds is 5. The first-order valence-electron chi connectivity index (χ1n) is 5.81. The Morgan fingerprint density at radius 2 is 2.32 bits per heavy atom. The Hall–Kier alpha value is -2.01. The molecule has 2 aromatic rings. The van der Waals surface area contributed by atoms with Crippen molar-refractivity contribution in [3.63, 3.8) is 0 Å². The summed E-state index contributed by atoms with van der Waals surface area (Å²) >= 11 is 6.01. The Bertz CT molecular complexity index is 594. The maximum absolute atomic E-state index is 7.52. The predicted molar refractivity (Wildman–Crippen MR) is 74.9 cm³/mol. The van der Waals surface area contributed by atoms with Gasteiger partial charge < -0.3 is 15.0 Å². The van der Waals surface area contributed by atoms with Crippen LogP contribution in [0.1, 0.15) is 11.4 Å². The Morgan fingerprint density at radius 3 is 2.95 bits per heavy atom. The molecule has 0 unspecified atom stereocenters. The standard InChI is InChI=1S/C13H15ClN4O/c1-18-7-6-17-11(18)5-8-19-10-4-2-3-9(14)12(10)13(15)16/h2-4,6-7H,5,8H2,1H3,(H3,15,16). The van der Waals surface area contributed by atoms with E-state index < -0.39 is 0 Å². The minimum absolute atomic E-state index is 0.0995. The van der Waals surface area contributed by atoms with E-state index in [1.807, 2.05) is 17.8 Å². The summed E-state index contributed by atoms with van der Waals surface area (Å²) in [5.74, 6) is 1.36. The van der Waals surface area contributed by atoms with Crippen LogP contribution in [-0.4, -0.2) is 22.0 Å². The molecular formula is C13H15ClN4O. The van der Waals surface area contributed by atoms with Gasteiger partial charge in [0.25, 0.3) is 0 Å². The number of amidine groups is 1. The number of imidazole rings is 1. The second-order valence-electron chi connectivity index (χ2n) is 4.08. The largest absolute Gasteiger partial charge is 0.492 e. The molecule has 6 heteroatoms. The lowest BCUT2D eigenvalue weighted by Crippen LogP contribution is -2.15.